The molecular formula is C42H64P4. The summed E-state index contributed by atoms with van der Waals surface area (Å²) in [6, 6.07) is 35.4. The first kappa shape index (κ1) is 46.2. The third-order valence-electron chi connectivity index (χ3n) is 6.32. The minimum atomic E-state index is 1.01. The maximum Gasteiger partial charge on any atom is -0.0105 e. The van der Waals surface area contributed by atoms with Crippen molar-refractivity contribution in [3.8, 4) is 0 Å². The van der Waals surface area contributed by atoms with Crippen molar-refractivity contribution in [3.05, 3.63) is 108 Å². The highest BCUT2D eigenvalue weighted by atomic mass is 31.0. The van der Waals surface area contributed by atoms with Crippen LogP contribution in [0.3, 0.4) is 0 Å². The van der Waals surface area contributed by atoms with Gasteiger partial charge in [-0.1, -0.05) is 168 Å². The lowest BCUT2D eigenvalue weighted by Gasteiger charge is -2.07. The van der Waals surface area contributed by atoms with Crippen molar-refractivity contribution in [2.45, 2.75) is 95.4 Å². The topological polar surface area (TPSA) is 0 Å². The van der Waals surface area contributed by atoms with Gasteiger partial charge in [0.15, 0.2) is 0 Å². The van der Waals surface area contributed by atoms with Gasteiger partial charge in [-0.05, 0) is 89.3 Å². The van der Waals surface area contributed by atoms with Gasteiger partial charge in [0.1, 0.15) is 0 Å². The number of fused-ring (bicyclic) bond motifs is 6. The van der Waals surface area contributed by atoms with E-state index in [-0.39, 0.29) is 0 Å². The first-order chi connectivity index (χ1) is 22.6. The molecule has 4 unspecified atom stereocenters. The van der Waals surface area contributed by atoms with E-state index < -0.39 is 0 Å². The fourth-order valence-corrected chi connectivity index (χ4v) is 5.59. The van der Waals surface area contributed by atoms with E-state index in [1.807, 2.05) is 83.1 Å². The molecule has 0 amide bonds. The molecule has 0 nitrogen and oxygen atoms in total. The average molecular weight is 693 g/mol. The number of hydrogen-bond donors (Lipinski definition) is 0. The van der Waals surface area contributed by atoms with Crippen molar-refractivity contribution in [2.75, 3.05) is 0 Å². The third-order valence-corrected chi connectivity index (χ3v) is 7.98. The molecule has 6 rings (SSSR count). The second-order valence-electron chi connectivity index (χ2n) is 8.61. The first-order valence-corrected chi connectivity index (χ1v) is 20.2. The molecule has 4 atom stereocenters. The summed E-state index contributed by atoms with van der Waals surface area (Å²) in [7, 11) is 11.1. The molecule has 6 aromatic carbocycles. The van der Waals surface area contributed by atoms with E-state index in [0.29, 0.717) is 0 Å². The summed E-state index contributed by atoms with van der Waals surface area (Å²) in [6.45, 7) is 24.0. The van der Waals surface area contributed by atoms with Gasteiger partial charge in [0.05, 0.1) is 0 Å². The van der Waals surface area contributed by atoms with Crippen molar-refractivity contribution in [1.29, 1.82) is 0 Å². The van der Waals surface area contributed by atoms with E-state index in [2.05, 4.69) is 134 Å². The Morgan fingerprint density at radius 2 is 0.565 bits per heavy atom. The van der Waals surface area contributed by atoms with Crippen molar-refractivity contribution in [1.82, 2.24) is 0 Å². The summed E-state index contributed by atoms with van der Waals surface area (Å²) >= 11 is 0. The largest absolute Gasteiger partial charge is 0.133 e. The van der Waals surface area contributed by atoms with Crippen LogP contribution in [0.1, 0.15) is 94.2 Å². The van der Waals surface area contributed by atoms with Gasteiger partial charge in [-0.25, -0.2) is 0 Å². The molecule has 0 saturated heterocycles. The zero-order chi connectivity index (χ0) is 35.7. The Morgan fingerprint density at radius 1 is 0.326 bits per heavy atom. The Kier molecular flexibility index (Phi) is 28.2. The van der Waals surface area contributed by atoms with Crippen LogP contribution in [0.5, 0.6) is 0 Å². The average Bonchev–Trinajstić information content (AvgIpc) is 3.16. The van der Waals surface area contributed by atoms with Crippen molar-refractivity contribution >= 4 is 90.7 Å². The maximum absolute atomic E-state index is 2.78. The number of benzene rings is 6. The lowest BCUT2D eigenvalue weighted by Crippen LogP contribution is -1.91. The molecule has 0 fully saturated rings. The number of rotatable bonds is 2. The molecule has 0 spiro atoms. The van der Waals surface area contributed by atoms with Crippen LogP contribution in [0, 0.1) is 0 Å². The minimum absolute atomic E-state index is 1.01. The van der Waals surface area contributed by atoms with Crippen LogP contribution >= 0.6 is 37.0 Å². The van der Waals surface area contributed by atoms with Gasteiger partial charge in [-0.3, -0.25) is 0 Å². The van der Waals surface area contributed by atoms with Crippen molar-refractivity contribution in [2.24, 2.45) is 0 Å². The molecule has 6 aromatic rings. The van der Waals surface area contributed by atoms with E-state index in [1.165, 1.54) is 64.8 Å². The van der Waals surface area contributed by atoms with Gasteiger partial charge in [-0.15, -0.1) is 37.0 Å². The minimum Gasteiger partial charge on any atom is -0.133 e. The van der Waals surface area contributed by atoms with Crippen LogP contribution in [-0.4, -0.2) is 0 Å². The quantitative estimate of drug-likeness (QED) is 0.125. The molecule has 0 aliphatic rings. The Morgan fingerprint density at radius 3 is 0.826 bits per heavy atom. The Bertz CT molecular complexity index is 1530. The van der Waals surface area contributed by atoms with E-state index in [1.54, 1.807) is 0 Å². The van der Waals surface area contributed by atoms with E-state index >= 15 is 0 Å². The molecule has 0 radical (unpaired) electrons. The lowest BCUT2D eigenvalue weighted by atomic mass is 9.99. The number of hydrogen-bond acceptors (Lipinski definition) is 0. The monoisotopic (exact) mass is 692 g/mol. The molecule has 0 bridgehead atoms. The van der Waals surface area contributed by atoms with Gasteiger partial charge in [0, 0.05) is 0 Å². The van der Waals surface area contributed by atoms with E-state index in [0.717, 1.165) is 12.3 Å². The molecule has 0 saturated carbocycles. The summed E-state index contributed by atoms with van der Waals surface area (Å²) in [4.78, 5) is 0. The zero-order valence-corrected chi connectivity index (χ0v) is 35.6. The predicted molar refractivity (Wildman–Crippen MR) is 237 cm³/mol. The first-order valence-electron chi connectivity index (χ1n) is 17.4. The normalized spacial score (nSPS) is 9.04. The van der Waals surface area contributed by atoms with E-state index in [4.69, 9.17) is 0 Å². The lowest BCUT2D eigenvalue weighted by molar-refractivity contribution is 1.44. The fourth-order valence-electron chi connectivity index (χ4n) is 4.53. The Hall–Kier alpha value is -1.92. The van der Waals surface area contributed by atoms with E-state index in [9.17, 15) is 0 Å². The van der Waals surface area contributed by atoms with Gasteiger partial charge in [0.25, 0.3) is 0 Å². The molecule has 0 aromatic heterocycles. The zero-order valence-electron chi connectivity index (χ0n) is 31.0. The van der Waals surface area contributed by atoms with Crippen LogP contribution in [0.25, 0.3) is 43.1 Å². The molecule has 0 aliphatic carbocycles. The highest BCUT2D eigenvalue weighted by molar-refractivity contribution is 7.27. The predicted octanol–water partition coefficient (Wildman–Crippen LogP) is 13.9. The Labute approximate surface area is 293 Å². The molecule has 0 aliphatic heterocycles. The highest BCUT2D eigenvalue weighted by Crippen LogP contribution is 2.28. The summed E-state index contributed by atoms with van der Waals surface area (Å²) in [5.41, 5.74) is 2.74. The van der Waals surface area contributed by atoms with Gasteiger partial charge >= 0.3 is 0 Å². The van der Waals surface area contributed by atoms with Gasteiger partial charge < -0.3 is 0 Å². The molecule has 252 valence electrons. The molecule has 4 heteroatoms. The smallest absolute Gasteiger partial charge is 0.0105 e. The third kappa shape index (κ3) is 13.7. The van der Waals surface area contributed by atoms with Gasteiger partial charge in [0.2, 0.25) is 0 Å². The second kappa shape index (κ2) is 28.1. The van der Waals surface area contributed by atoms with Crippen LogP contribution in [0.2, 0.25) is 0 Å². The second-order valence-corrected chi connectivity index (χ2v) is 10.8. The summed E-state index contributed by atoms with van der Waals surface area (Å²) in [6.07, 6.45) is 2.03. The van der Waals surface area contributed by atoms with Crippen LogP contribution < -0.4 is 10.6 Å². The van der Waals surface area contributed by atoms with Crippen LogP contribution in [-0.2, 0) is 12.3 Å². The van der Waals surface area contributed by atoms with Crippen LogP contribution in [0.15, 0.2) is 97.1 Å². The summed E-state index contributed by atoms with van der Waals surface area (Å²) < 4.78 is 0. The molecule has 46 heavy (non-hydrogen) atoms. The summed E-state index contributed by atoms with van der Waals surface area (Å²) in [5.74, 6) is 0. The fraction of sp³-hybridized carbons (Fsp3) is 0.333. The van der Waals surface area contributed by atoms with Crippen molar-refractivity contribution in [3.63, 3.8) is 0 Å². The standard InChI is InChI=1S/C16H16P2.C14H12P2.6C2H6/c17-9-11-1-5-15-13(7-11)3-4-14-8-12(10-18)2-6-16(14)15;15-11-3-5-13-9(7-11)1-2-10-8-12(16)4-6-14(10)13;6*1-2/h1-8H,9-10,17-18H2;1-8H,15-16H2;6*1-2H3. The molecular weight excluding hydrogens is 628 g/mol. The van der Waals surface area contributed by atoms with Crippen molar-refractivity contribution < 1.29 is 0 Å². The van der Waals surface area contributed by atoms with Gasteiger partial charge in [-0.2, -0.15) is 0 Å². The van der Waals surface area contributed by atoms with Crippen LogP contribution in [0.4, 0.5) is 0 Å². The molecule has 0 N–H and O–H groups in total. The maximum atomic E-state index is 2.78. The molecule has 0 heterocycles. The SMILES string of the molecule is CC.CC.CC.CC.CC.CC.PCc1ccc2c(ccc3cc(CP)ccc32)c1.Pc1ccc2c(ccc3cc(P)ccc32)c1. The Balaban J connectivity index is 0. The summed E-state index contributed by atoms with van der Waals surface area (Å²) in [5, 5.41) is 13.1. The highest BCUT2D eigenvalue weighted by Gasteiger charge is 2.03.